The summed E-state index contributed by atoms with van der Waals surface area (Å²) in [6, 6.07) is 23.4. The molecule has 3 aromatic carbocycles. The molecular formula is C28H31N3O2. The highest BCUT2D eigenvalue weighted by atomic mass is 16.5. The van der Waals surface area contributed by atoms with Crippen molar-refractivity contribution in [2.75, 3.05) is 6.61 Å². The van der Waals surface area contributed by atoms with Gasteiger partial charge in [-0.3, -0.25) is 4.79 Å². The lowest BCUT2D eigenvalue weighted by atomic mass is 10.1. The molecule has 1 amide bonds. The third kappa shape index (κ3) is 5.25. The van der Waals surface area contributed by atoms with E-state index in [2.05, 4.69) is 48.0 Å². The van der Waals surface area contributed by atoms with Crippen LogP contribution >= 0.6 is 0 Å². The maximum Gasteiger partial charge on any atom is 0.251 e. The van der Waals surface area contributed by atoms with E-state index in [0.29, 0.717) is 12.2 Å². The van der Waals surface area contributed by atoms with E-state index >= 15 is 0 Å². The van der Waals surface area contributed by atoms with Gasteiger partial charge in [0, 0.05) is 12.1 Å². The Morgan fingerprint density at radius 1 is 0.939 bits per heavy atom. The highest BCUT2D eigenvalue weighted by Crippen LogP contribution is 2.24. The van der Waals surface area contributed by atoms with Gasteiger partial charge < -0.3 is 14.6 Å². The second kappa shape index (κ2) is 10.3. The van der Waals surface area contributed by atoms with Gasteiger partial charge in [0.2, 0.25) is 0 Å². The number of imidazole rings is 1. The first-order valence-corrected chi connectivity index (χ1v) is 11.5. The smallest absolute Gasteiger partial charge is 0.251 e. The second-order valence-electron chi connectivity index (χ2n) is 8.45. The molecule has 0 spiro atoms. The number of carbonyl (C=O) groups is 1. The number of rotatable bonds is 9. The van der Waals surface area contributed by atoms with Crippen LogP contribution in [0, 0.1) is 13.8 Å². The summed E-state index contributed by atoms with van der Waals surface area (Å²) in [6.07, 6.45) is 1.89. The highest BCUT2D eigenvalue weighted by Gasteiger charge is 2.19. The molecule has 170 valence electrons. The fraction of sp³-hybridized carbons (Fsp3) is 0.286. The van der Waals surface area contributed by atoms with Crippen molar-refractivity contribution in [3.8, 4) is 5.75 Å². The number of hydrogen-bond acceptors (Lipinski definition) is 3. The monoisotopic (exact) mass is 441 g/mol. The summed E-state index contributed by atoms with van der Waals surface area (Å²) in [6.45, 7) is 7.64. The van der Waals surface area contributed by atoms with Crippen molar-refractivity contribution in [3.63, 3.8) is 0 Å². The maximum atomic E-state index is 12.7. The summed E-state index contributed by atoms with van der Waals surface area (Å²) in [4.78, 5) is 17.5. The Hall–Kier alpha value is -3.60. The number of carbonyl (C=O) groups excluding carboxylic acids is 1. The summed E-state index contributed by atoms with van der Waals surface area (Å²) in [5.41, 5.74) is 5.02. The van der Waals surface area contributed by atoms with Gasteiger partial charge in [-0.05, 0) is 69.0 Å². The zero-order valence-electron chi connectivity index (χ0n) is 19.5. The van der Waals surface area contributed by atoms with Crippen molar-refractivity contribution >= 4 is 16.9 Å². The SMILES string of the molecule is Cc1cccc(C)c1OCCCCn1c(C(C)NC(=O)c2ccccc2)nc2ccccc21. The van der Waals surface area contributed by atoms with Crippen molar-refractivity contribution in [1.29, 1.82) is 0 Å². The van der Waals surface area contributed by atoms with Crippen LogP contribution in [-0.2, 0) is 6.54 Å². The summed E-state index contributed by atoms with van der Waals surface area (Å²) >= 11 is 0. The molecule has 0 saturated heterocycles. The van der Waals surface area contributed by atoms with Gasteiger partial charge in [0.05, 0.1) is 23.7 Å². The quantitative estimate of drug-likeness (QED) is 0.324. The van der Waals surface area contributed by atoms with Crippen molar-refractivity contribution in [3.05, 3.63) is 95.3 Å². The normalized spacial score (nSPS) is 12.0. The molecule has 0 saturated carbocycles. The molecule has 4 aromatic rings. The Kier molecular flexibility index (Phi) is 7.08. The van der Waals surface area contributed by atoms with E-state index in [1.165, 1.54) is 11.1 Å². The Labute approximate surface area is 195 Å². The van der Waals surface area contributed by atoms with Gasteiger partial charge in [-0.25, -0.2) is 4.98 Å². The number of ether oxygens (including phenoxy) is 1. The molecule has 0 aliphatic carbocycles. The highest BCUT2D eigenvalue weighted by molar-refractivity contribution is 5.94. The topological polar surface area (TPSA) is 56.1 Å². The lowest BCUT2D eigenvalue weighted by Gasteiger charge is -2.17. The first kappa shape index (κ1) is 22.6. The van der Waals surface area contributed by atoms with Gasteiger partial charge >= 0.3 is 0 Å². The summed E-state index contributed by atoms with van der Waals surface area (Å²) in [5, 5.41) is 3.10. The van der Waals surface area contributed by atoms with Gasteiger partial charge in [-0.2, -0.15) is 0 Å². The molecule has 4 rings (SSSR count). The molecule has 33 heavy (non-hydrogen) atoms. The molecule has 0 fully saturated rings. The van der Waals surface area contributed by atoms with Crippen molar-refractivity contribution < 1.29 is 9.53 Å². The standard InChI is InChI=1S/C28H31N3O2/c1-20-12-11-13-21(2)26(20)33-19-10-9-18-31-25-17-8-7-16-24(25)30-27(31)22(3)29-28(32)23-14-5-4-6-15-23/h4-8,11-17,22H,9-10,18-19H2,1-3H3,(H,29,32). The molecule has 0 aliphatic rings. The van der Waals surface area contributed by atoms with E-state index in [1.54, 1.807) is 0 Å². The largest absolute Gasteiger partial charge is 0.493 e. The number of aromatic nitrogens is 2. The van der Waals surface area contributed by atoms with E-state index in [1.807, 2.05) is 55.5 Å². The zero-order valence-corrected chi connectivity index (χ0v) is 19.5. The number of hydrogen-bond donors (Lipinski definition) is 1. The lowest BCUT2D eigenvalue weighted by Crippen LogP contribution is -2.28. The minimum absolute atomic E-state index is 0.0938. The maximum absolute atomic E-state index is 12.7. The molecule has 1 atom stereocenters. The first-order chi connectivity index (χ1) is 16.0. The van der Waals surface area contributed by atoms with Crippen LogP contribution in [0.15, 0.2) is 72.8 Å². The zero-order chi connectivity index (χ0) is 23.2. The molecule has 0 bridgehead atoms. The van der Waals surface area contributed by atoms with Crippen molar-refractivity contribution in [2.24, 2.45) is 0 Å². The number of nitrogens with zero attached hydrogens (tertiary/aromatic N) is 2. The molecular weight excluding hydrogens is 410 g/mol. The molecule has 5 heteroatoms. The van der Waals surface area contributed by atoms with Gasteiger partial charge in [0.15, 0.2) is 0 Å². The van der Waals surface area contributed by atoms with E-state index < -0.39 is 0 Å². The molecule has 1 heterocycles. The number of fused-ring (bicyclic) bond motifs is 1. The second-order valence-corrected chi connectivity index (χ2v) is 8.45. The average Bonchev–Trinajstić information content (AvgIpc) is 3.20. The third-order valence-electron chi connectivity index (χ3n) is 5.89. The molecule has 1 aromatic heterocycles. The van der Waals surface area contributed by atoms with E-state index in [0.717, 1.165) is 42.0 Å². The molecule has 1 unspecified atom stereocenters. The van der Waals surface area contributed by atoms with Crippen molar-refractivity contribution in [1.82, 2.24) is 14.9 Å². The summed E-state index contributed by atoms with van der Waals surface area (Å²) in [5.74, 6) is 1.77. The minimum Gasteiger partial charge on any atom is -0.493 e. The van der Waals surface area contributed by atoms with Gasteiger partial charge in [0.1, 0.15) is 11.6 Å². The van der Waals surface area contributed by atoms with Crippen LogP contribution < -0.4 is 10.1 Å². The van der Waals surface area contributed by atoms with Crippen LogP contribution in [-0.4, -0.2) is 22.1 Å². The Morgan fingerprint density at radius 3 is 2.39 bits per heavy atom. The Morgan fingerprint density at radius 2 is 1.64 bits per heavy atom. The van der Waals surface area contributed by atoms with Crippen LogP contribution in [0.25, 0.3) is 11.0 Å². The summed E-state index contributed by atoms with van der Waals surface area (Å²) < 4.78 is 8.30. The molecule has 5 nitrogen and oxygen atoms in total. The number of para-hydroxylation sites is 3. The summed E-state index contributed by atoms with van der Waals surface area (Å²) in [7, 11) is 0. The van der Waals surface area contributed by atoms with Crippen LogP contribution in [0.1, 0.15) is 53.1 Å². The number of unbranched alkanes of at least 4 members (excludes halogenated alkanes) is 1. The van der Waals surface area contributed by atoms with Gasteiger partial charge in [-0.15, -0.1) is 0 Å². The molecule has 0 radical (unpaired) electrons. The van der Waals surface area contributed by atoms with Crippen LogP contribution in [0.4, 0.5) is 0 Å². The van der Waals surface area contributed by atoms with Crippen LogP contribution in [0.3, 0.4) is 0 Å². The predicted molar refractivity (Wildman–Crippen MR) is 133 cm³/mol. The van der Waals surface area contributed by atoms with Gasteiger partial charge in [-0.1, -0.05) is 48.5 Å². The number of amides is 1. The Bertz CT molecular complexity index is 1210. The van der Waals surface area contributed by atoms with Crippen LogP contribution in [0.2, 0.25) is 0 Å². The van der Waals surface area contributed by atoms with E-state index in [-0.39, 0.29) is 11.9 Å². The van der Waals surface area contributed by atoms with E-state index in [9.17, 15) is 4.79 Å². The fourth-order valence-corrected chi connectivity index (χ4v) is 4.17. The predicted octanol–water partition coefficient (Wildman–Crippen LogP) is 6.00. The first-order valence-electron chi connectivity index (χ1n) is 11.5. The van der Waals surface area contributed by atoms with E-state index in [4.69, 9.17) is 9.72 Å². The average molecular weight is 442 g/mol. The van der Waals surface area contributed by atoms with Crippen LogP contribution in [0.5, 0.6) is 5.75 Å². The number of aryl methyl sites for hydroxylation is 3. The Balaban J connectivity index is 1.43. The molecule has 0 aliphatic heterocycles. The fourth-order valence-electron chi connectivity index (χ4n) is 4.17. The van der Waals surface area contributed by atoms with Gasteiger partial charge in [0.25, 0.3) is 5.91 Å². The number of nitrogens with one attached hydrogen (secondary N) is 1. The molecule has 1 N–H and O–H groups in total. The number of benzene rings is 3. The van der Waals surface area contributed by atoms with Crippen molar-refractivity contribution in [2.45, 2.75) is 46.2 Å². The lowest BCUT2D eigenvalue weighted by molar-refractivity contribution is 0.0937. The third-order valence-corrected chi connectivity index (χ3v) is 5.89. The minimum atomic E-state index is -0.212.